The van der Waals surface area contributed by atoms with Crippen molar-refractivity contribution in [2.45, 2.75) is 6.92 Å². The van der Waals surface area contributed by atoms with Gasteiger partial charge in [0.1, 0.15) is 5.84 Å². The van der Waals surface area contributed by atoms with E-state index in [4.69, 9.17) is 22.7 Å². The number of amidine groups is 1. The first-order valence-electron chi connectivity index (χ1n) is 5.80. The highest BCUT2D eigenvalue weighted by molar-refractivity contribution is 6.36. The molecule has 0 radical (unpaired) electrons. The number of anilines is 2. The minimum Gasteiger partial charge on any atom is -0.384 e. The van der Waals surface area contributed by atoms with Crippen LogP contribution in [0.3, 0.4) is 0 Å². The molecule has 5 heteroatoms. The number of halogens is 1. The summed E-state index contributed by atoms with van der Waals surface area (Å²) in [6, 6.07) is 9.66. The predicted octanol–water partition coefficient (Wildman–Crippen LogP) is 3.10. The number of pyridine rings is 1. The molecular weight excluding hydrogens is 260 g/mol. The predicted molar refractivity (Wildman–Crippen MR) is 79.5 cm³/mol. The number of benzene rings is 1. The lowest BCUT2D eigenvalue weighted by Crippen LogP contribution is -2.16. The van der Waals surface area contributed by atoms with Crippen LogP contribution in [-0.4, -0.2) is 17.9 Å². The third-order valence-electron chi connectivity index (χ3n) is 2.87. The Morgan fingerprint density at radius 2 is 2.11 bits per heavy atom. The Kier molecular flexibility index (Phi) is 3.71. The number of aromatic nitrogens is 1. The molecular formula is C14H15ClN4. The second-order valence-electron chi connectivity index (χ2n) is 4.31. The van der Waals surface area contributed by atoms with Crippen molar-refractivity contribution in [1.82, 2.24) is 4.98 Å². The zero-order chi connectivity index (χ0) is 14.0. The maximum Gasteiger partial charge on any atom is 0.152 e. The molecule has 4 nitrogen and oxygen atoms in total. The summed E-state index contributed by atoms with van der Waals surface area (Å²) < 4.78 is 0. The van der Waals surface area contributed by atoms with Gasteiger partial charge in [-0.2, -0.15) is 0 Å². The number of rotatable bonds is 3. The maximum absolute atomic E-state index is 7.50. The third-order valence-corrected chi connectivity index (χ3v) is 3.24. The maximum atomic E-state index is 7.50. The Labute approximate surface area is 117 Å². The summed E-state index contributed by atoms with van der Waals surface area (Å²) in [6.07, 6.45) is 1.60. The van der Waals surface area contributed by atoms with Gasteiger partial charge in [-0.3, -0.25) is 5.41 Å². The molecule has 0 aliphatic rings. The summed E-state index contributed by atoms with van der Waals surface area (Å²) in [6.45, 7) is 2.03. The fourth-order valence-electron chi connectivity index (χ4n) is 1.83. The van der Waals surface area contributed by atoms with E-state index < -0.39 is 0 Å². The van der Waals surface area contributed by atoms with Crippen molar-refractivity contribution in [1.29, 1.82) is 5.41 Å². The van der Waals surface area contributed by atoms with Crippen molar-refractivity contribution >= 4 is 28.9 Å². The van der Waals surface area contributed by atoms with Crippen LogP contribution in [0.15, 0.2) is 36.5 Å². The van der Waals surface area contributed by atoms with Crippen LogP contribution in [0, 0.1) is 12.3 Å². The molecule has 98 valence electrons. The lowest BCUT2D eigenvalue weighted by atomic mass is 10.2. The summed E-state index contributed by atoms with van der Waals surface area (Å²) in [5.74, 6) is 0.520. The molecule has 0 saturated heterocycles. The highest BCUT2D eigenvalue weighted by Crippen LogP contribution is 2.30. The highest BCUT2D eigenvalue weighted by atomic mass is 35.5. The van der Waals surface area contributed by atoms with Gasteiger partial charge in [0, 0.05) is 24.5 Å². The van der Waals surface area contributed by atoms with Crippen molar-refractivity contribution in [3.8, 4) is 0 Å². The van der Waals surface area contributed by atoms with Gasteiger partial charge in [0.2, 0.25) is 0 Å². The molecule has 0 unspecified atom stereocenters. The van der Waals surface area contributed by atoms with Crippen LogP contribution in [0.1, 0.15) is 11.1 Å². The molecule has 0 saturated carbocycles. The number of nitrogen functional groups attached to an aromatic ring is 1. The van der Waals surface area contributed by atoms with Crippen molar-refractivity contribution in [3.05, 3.63) is 52.7 Å². The Hall–Kier alpha value is -2.07. The number of aryl methyl sites for hydroxylation is 1. The van der Waals surface area contributed by atoms with Crippen molar-refractivity contribution in [2.24, 2.45) is 5.73 Å². The average molecular weight is 275 g/mol. The third kappa shape index (κ3) is 2.69. The second kappa shape index (κ2) is 5.28. The van der Waals surface area contributed by atoms with E-state index >= 15 is 0 Å². The highest BCUT2D eigenvalue weighted by Gasteiger charge is 2.14. The van der Waals surface area contributed by atoms with E-state index in [1.54, 1.807) is 12.3 Å². The molecule has 0 spiro atoms. The minimum absolute atomic E-state index is 0.0636. The lowest BCUT2D eigenvalue weighted by molar-refractivity contribution is 1.12. The summed E-state index contributed by atoms with van der Waals surface area (Å²) in [4.78, 5) is 6.15. The van der Waals surface area contributed by atoms with E-state index in [0.29, 0.717) is 16.4 Å². The molecule has 0 aliphatic heterocycles. The van der Waals surface area contributed by atoms with Crippen LogP contribution in [0.2, 0.25) is 5.02 Å². The number of nitrogens with one attached hydrogen (secondary N) is 1. The van der Waals surface area contributed by atoms with Gasteiger partial charge in [-0.05, 0) is 30.7 Å². The smallest absolute Gasteiger partial charge is 0.152 e. The average Bonchev–Trinajstić information content (AvgIpc) is 2.38. The van der Waals surface area contributed by atoms with Gasteiger partial charge in [-0.1, -0.05) is 23.7 Å². The largest absolute Gasteiger partial charge is 0.384 e. The topological polar surface area (TPSA) is 66.0 Å². The van der Waals surface area contributed by atoms with Crippen LogP contribution in [0.5, 0.6) is 0 Å². The first-order valence-corrected chi connectivity index (χ1v) is 6.18. The summed E-state index contributed by atoms with van der Waals surface area (Å²) in [7, 11) is 1.88. The number of hydrogen-bond acceptors (Lipinski definition) is 3. The van der Waals surface area contributed by atoms with E-state index in [1.807, 2.05) is 43.1 Å². The van der Waals surface area contributed by atoms with Gasteiger partial charge >= 0.3 is 0 Å². The normalized spacial score (nSPS) is 10.3. The molecule has 0 amide bonds. The summed E-state index contributed by atoms with van der Waals surface area (Å²) in [5, 5.41) is 7.89. The van der Waals surface area contributed by atoms with Gasteiger partial charge in [0.25, 0.3) is 0 Å². The second-order valence-corrected chi connectivity index (χ2v) is 4.69. The quantitative estimate of drug-likeness (QED) is 0.668. The first kappa shape index (κ1) is 13.4. The zero-order valence-electron chi connectivity index (χ0n) is 10.8. The zero-order valence-corrected chi connectivity index (χ0v) is 11.6. The van der Waals surface area contributed by atoms with Crippen LogP contribution < -0.4 is 10.6 Å². The molecule has 1 aromatic carbocycles. The van der Waals surface area contributed by atoms with Crippen molar-refractivity contribution in [3.63, 3.8) is 0 Å². The molecule has 2 rings (SSSR count). The van der Waals surface area contributed by atoms with Crippen LogP contribution in [0.25, 0.3) is 0 Å². The van der Waals surface area contributed by atoms with Gasteiger partial charge in [-0.15, -0.1) is 0 Å². The summed E-state index contributed by atoms with van der Waals surface area (Å²) >= 11 is 6.26. The monoisotopic (exact) mass is 274 g/mol. The molecule has 0 bridgehead atoms. The first-order chi connectivity index (χ1) is 9.00. The van der Waals surface area contributed by atoms with Crippen molar-refractivity contribution in [2.75, 3.05) is 11.9 Å². The van der Waals surface area contributed by atoms with E-state index in [2.05, 4.69) is 4.98 Å². The standard InChI is InChI=1S/C14H15ClN4/c1-9-4-3-5-10(8-9)19(2)14-12(15)11(13(16)17)6-7-18-14/h3-8H,1-2H3,(H3,16,17). The number of nitrogens with two attached hydrogens (primary N) is 1. The molecule has 1 heterocycles. The van der Waals surface area contributed by atoms with Gasteiger partial charge in [0.05, 0.1) is 5.02 Å². The Balaban J connectivity index is 2.47. The Bertz CT molecular complexity index is 625. The lowest BCUT2D eigenvalue weighted by Gasteiger charge is -2.20. The molecule has 2 aromatic rings. The van der Waals surface area contributed by atoms with Crippen LogP contribution >= 0.6 is 11.6 Å². The van der Waals surface area contributed by atoms with Gasteiger partial charge in [0.15, 0.2) is 5.82 Å². The van der Waals surface area contributed by atoms with E-state index in [-0.39, 0.29) is 5.84 Å². The van der Waals surface area contributed by atoms with Crippen LogP contribution in [-0.2, 0) is 0 Å². The minimum atomic E-state index is -0.0636. The summed E-state index contributed by atoms with van der Waals surface area (Å²) in [5.41, 5.74) is 8.13. The van der Waals surface area contributed by atoms with Gasteiger partial charge in [-0.25, -0.2) is 4.98 Å². The molecule has 0 fully saturated rings. The van der Waals surface area contributed by atoms with Crippen LogP contribution in [0.4, 0.5) is 11.5 Å². The number of hydrogen-bond donors (Lipinski definition) is 2. The Morgan fingerprint density at radius 1 is 1.37 bits per heavy atom. The Morgan fingerprint density at radius 3 is 2.74 bits per heavy atom. The molecule has 19 heavy (non-hydrogen) atoms. The van der Waals surface area contributed by atoms with E-state index in [9.17, 15) is 0 Å². The van der Waals surface area contributed by atoms with E-state index in [1.165, 1.54) is 0 Å². The molecule has 3 N–H and O–H groups in total. The van der Waals surface area contributed by atoms with Crippen molar-refractivity contribution < 1.29 is 0 Å². The fourth-order valence-corrected chi connectivity index (χ4v) is 2.17. The molecule has 1 aromatic heterocycles. The van der Waals surface area contributed by atoms with E-state index in [0.717, 1.165) is 11.3 Å². The van der Waals surface area contributed by atoms with Gasteiger partial charge < -0.3 is 10.6 Å². The molecule has 0 aliphatic carbocycles. The number of nitrogens with zero attached hydrogens (tertiary/aromatic N) is 2. The molecule has 0 atom stereocenters. The fraction of sp³-hybridized carbons (Fsp3) is 0.143. The SMILES string of the molecule is Cc1cccc(N(C)c2nccc(C(=N)N)c2Cl)c1.